The van der Waals surface area contributed by atoms with Gasteiger partial charge in [0.25, 0.3) is 0 Å². The van der Waals surface area contributed by atoms with E-state index in [-0.39, 0.29) is 5.78 Å². The van der Waals surface area contributed by atoms with Gasteiger partial charge >= 0.3 is 0 Å². The highest BCUT2D eigenvalue weighted by molar-refractivity contribution is 5.75. The maximum absolute atomic E-state index is 12.9. The molecular formula is C13H17F2NO. The van der Waals surface area contributed by atoms with Gasteiger partial charge in [0, 0.05) is 19.5 Å². The first-order valence-electron chi connectivity index (χ1n) is 5.61. The zero-order chi connectivity index (χ0) is 12.8. The fourth-order valence-electron chi connectivity index (χ4n) is 1.48. The molecule has 0 radical (unpaired) electrons. The second-order valence-electron chi connectivity index (χ2n) is 4.25. The molecule has 1 rings (SSSR count). The molecule has 0 N–H and O–H groups in total. The van der Waals surface area contributed by atoms with Gasteiger partial charge in [-0.05, 0) is 38.1 Å². The zero-order valence-electron chi connectivity index (χ0n) is 10.2. The molecule has 0 aliphatic carbocycles. The fourth-order valence-corrected chi connectivity index (χ4v) is 1.48. The molecule has 0 aromatic heterocycles. The van der Waals surface area contributed by atoms with Crippen LogP contribution in [0, 0.1) is 11.6 Å². The first-order valence-corrected chi connectivity index (χ1v) is 5.61. The van der Waals surface area contributed by atoms with Crippen LogP contribution < -0.4 is 0 Å². The maximum atomic E-state index is 12.9. The van der Waals surface area contributed by atoms with E-state index in [9.17, 15) is 13.6 Å². The second kappa shape index (κ2) is 6.45. The minimum atomic E-state index is -0.821. The van der Waals surface area contributed by atoms with Gasteiger partial charge in [-0.1, -0.05) is 6.07 Å². The lowest BCUT2D eigenvalue weighted by Crippen LogP contribution is -2.23. The summed E-state index contributed by atoms with van der Waals surface area (Å²) in [5.74, 6) is -1.47. The molecule has 0 amide bonds. The van der Waals surface area contributed by atoms with Gasteiger partial charge < -0.3 is 4.90 Å². The van der Waals surface area contributed by atoms with Crippen molar-refractivity contribution in [3.63, 3.8) is 0 Å². The number of hydrogen-bond acceptors (Lipinski definition) is 2. The first kappa shape index (κ1) is 13.8. The second-order valence-corrected chi connectivity index (χ2v) is 4.25. The van der Waals surface area contributed by atoms with Crippen LogP contribution in [0.25, 0.3) is 0 Å². The van der Waals surface area contributed by atoms with Gasteiger partial charge in [0.2, 0.25) is 0 Å². The molecule has 1 aromatic carbocycles. The molecule has 4 heteroatoms. The highest BCUT2D eigenvalue weighted by atomic mass is 19.2. The fraction of sp³-hybridized carbons (Fsp3) is 0.462. The maximum Gasteiger partial charge on any atom is 0.159 e. The van der Waals surface area contributed by atoms with Crippen molar-refractivity contribution in [2.45, 2.75) is 19.8 Å². The van der Waals surface area contributed by atoms with Gasteiger partial charge in [-0.2, -0.15) is 0 Å². The smallest absolute Gasteiger partial charge is 0.159 e. The summed E-state index contributed by atoms with van der Waals surface area (Å²) in [5.41, 5.74) is 0.763. The van der Waals surface area contributed by atoms with Crippen LogP contribution in [0.3, 0.4) is 0 Å². The van der Waals surface area contributed by atoms with Crippen molar-refractivity contribution < 1.29 is 13.6 Å². The minimum absolute atomic E-state index is 0.157. The largest absolute Gasteiger partial charge is 0.306 e. The van der Waals surface area contributed by atoms with E-state index in [0.717, 1.165) is 18.2 Å². The molecule has 2 nitrogen and oxygen atoms in total. The van der Waals surface area contributed by atoms with E-state index < -0.39 is 11.6 Å². The Balaban J connectivity index is 2.39. The molecule has 0 aliphatic heterocycles. The quantitative estimate of drug-likeness (QED) is 0.762. The molecule has 0 aliphatic rings. The number of carbonyl (C=O) groups excluding carboxylic acids is 1. The van der Waals surface area contributed by atoms with Crippen molar-refractivity contribution in [1.29, 1.82) is 0 Å². The molecule has 0 spiro atoms. The summed E-state index contributed by atoms with van der Waals surface area (Å²) in [6.45, 7) is 2.97. The molecule has 0 saturated heterocycles. The molecule has 0 atom stereocenters. The molecule has 94 valence electrons. The van der Waals surface area contributed by atoms with Crippen LogP contribution in [0.1, 0.15) is 18.9 Å². The Morgan fingerprint density at radius 1 is 1.24 bits per heavy atom. The molecule has 0 saturated carbocycles. The van der Waals surface area contributed by atoms with Gasteiger partial charge in [0.1, 0.15) is 5.78 Å². The van der Waals surface area contributed by atoms with Crippen LogP contribution in [-0.2, 0) is 11.2 Å². The van der Waals surface area contributed by atoms with Crippen molar-refractivity contribution in [2.24, 2.45) is 0 Å². The highest BCUT2D eigenvalue weighted by Crippen LogP contribution is 2.09. The number of nitrogens with zero attached hydrogens (tertiary/aromatic N) is 1. The number of Topliss-reactive ketones (excluding diaryl/α,β-unsaturated/α-hetero) is 1. The predicted octanol–water partition coefficient (Wildman–Crippen LogP) is 2.42. The van der Waals surface area contributed by atoms with E-state index in [4.69, 9.17) is 0 Å². The van der Waals surface area contributed by atoms with E-state index in [2.05, 4.69) is 0 Å². The third-order valence-corrected chi connectivity index (χ3v) is 2.61. The third-order valence-electron chi connectivity index (χ3n) is 2.61. The summed E-state index contributed by atoms with van der Waals surface area (Å²) in [5, 5.41) is 0. The van der Waals surface area contributed by atoms with Crippen LogP contribution in [0.5, 0.6) is 0 Å². The summed E-state index contributed by atoms with van der Waals surface area (Å²) < 4.78 is 25.6. The number of carbonyl (C=O) groups is 1. The molecule has 0 bridgehead atoms. The number of benzene rings is 1. The Morgan fingerprint density at radius 2 is 1.94 bits per heavy atom. The summed E-state index contributed by atoms with van der Waals surface area (Å²) in [6, 6.07) is 3.94. The summed E-state index contributed by atoms with van der Waals surface area (Å²) >= 11 is 0. The predicted molar refractivity (Wildman–Crippen MR) is 62.9 cm³/mol. The Morgan fingerprint density at radius 3 is 2.53 bits per heavy atom. The van der Waals surface area contributed by atoms with Crippen molar-refractivity contribution in [3.05, 3.63) is 35.4 Å². The number of rotatable bonds is 6. The first-order chi connectivity index (χ1) is 7.99. The summed E-state index contributed by atoms with van der Waals surface area (Å²) in [7, 11) is 1.91. The molecule has 17 heavy (non-hydrogen) atoms. The van der Waals surface area contributed by atoms with E-state index in [1.165, 1.54) is 6.07 Å². The lowest BCUT2D eigenvalue weighted by Gasteiger charge is -2.15. The highest BCUT2D eigenvalue weighted by Gasteiger charge is 2.04. The molecule has 0 fully saturated rings. The average molecular weight is 241 g/mol. The van der Waals surface area contributed by atoms with Crippen LogP contribution in [0.2, 0.25) is 0 Å². The number of likely N-dealkylation sites (N-methyl/N-ethyl adjacent to an activating group) is 1. The van der Waals surface area contributed by atoms with Gasteiger partial charge in [0.05, 0.1) is 0 Å². The lowest BCUT2D eigenvalue weighted by molar-refractivity contribution is -0.117. The lowest BCUT2D eigenvalue weighted by atomic mass is 10.1. The van der Waals surface area contributed by atoms with Crippen LogP contribution in [0.15, 0.2) is 18.2 Å². The Labute approximate surface area is 100 Å². The Hall–Kier alpha value is -1.29. The molecule has 0 unspecified atom stereocenters. The van der Waals surface area contributed by atoms with Gasteiger partial charge in [-0.15, -0.1) is 0 Å². The van der Waals surface area contributed by atoms with E-state index in [1.807, 2.05) is 11.9 Å². The van der Waals surface area contributed by atoms with E-state index in [0.29, 0.717) is 19.4 Å². The van der Waals surface area contributed by atoms with E-state index >= 15 is 0 Å². The Kier molecular flexibility index (Phi) is 5.22. The van der Waals surface area contributed by atoms with E-state index in [1.54, 1.807) is 13.0 Å². The molecule has 1 aromatic rings. The van der Waals surface area contributed by atoms with Crippen molar-refractivity contribution in [2.75, 3.05) is 20.1 Å². The third kappa shape index (κ3) is 5.04. The zero-order valence-corrected chi connectivity index (χ0v) is 10.2. The number of hydrogen-bond donors (Lipinski definition) is 0. The normalized spacial score (nSPS) is 10.9. The van der Waals surface area contributed by atoms with Gasteiger partial charge in [0.15, 0.2) is 11.6 Å². The number of ketones is 1. The average Bonchev–Trinajstić information content (AvgIpc) is 2.28. The SMILES string of the molecule is CC(=O)CCN(C)CCc1ccc(F)c(F)c1. The summed E-state index contributed by atoms with van der Waals surface area (Å²) in [4.78, 5) is 12.8. The summed E-state index contributed by atoms with van der Waals surface area (Å²) in [6.07, 6.45) is 1.17. The van der Waals surface area contributed by atoms with Crippen LogP contribution in [-0.4, -0.2) is 30.8 Å². The van der Waals surface area contributed by atoms with Crippen molar-refractivity contribution in [3.8, 4) is 0 Å². The molecule has 0 heterocycles. The Bertz CT molecular complexity index is 393. The topological polar surface area (TPSA) is 20.3 Å². The monoisotopic (exact) mass is 241 g/mol. The minimum Gasteiger partial charge on any atom is -0.306 e. The van der Waals surface area contributed by atoms with Gasteiger partial charge in [-0.25, -0.2) is 8.78 Å². The van der Waals surface area contributed by atoms with Crippen molar-refractivity contribution >= 4 is 5.78 Å². The van der Waals surface area contributed by atoms with Gasteiger partial charge in [-0.3, -0.25) is 4.79 Å². The van der Waals surface area contributed by atoms with Crippen LogP contribution in [0.4, 0.5) is 8.78 Å². The number of halogens is 2. The standard InChI is InChI=1S/C13H17F2NO/c1-10(17)5-7-16(2)8-6-11-3-4-12(14)13(15)9-11/h3-4,9H,5-8H2,1-2H3. The van der Waals surface area contributed by atoms with Crippen molar-refractivity contribution in [1.82, 2.24) is 4.90 Å². The molecular weight excluding hydrogens is 224 g/mol. The van der Waals surface area contributed by atoms with Crippen LogP contribution >= 0.6 is 0 Å².